The Bertz CT molecular complexity index is 553. The molecule has 0 amide bonds. The Kier molecular flexibility index (Phi) is 10.8. The maximum atomic E-state index is 5.74. The second-order valence-corrected chi connectivity index (χ2v) is 7.19. The minimum absolute atomic E-state index is 0.454. The van der Waals surface area contributed by atoms with Gasteiger partial charge >= 0.3 is 0 Å². The Balaban J connectivity index is 1.48. The van der Waals surface area contributed by atoms with Crippen LogP contribution in [0.15, 0.2) is 6.08 Å². The fourth-order valence-electron chi connectivity index (χ4n) is 2.52. The van der Waals surface area contributed by atoms with Gasteiger partial charge in [-0.3, -0.25) is 0 Å². The molecule has 0 radical (unpaired) electrons. The molecule has 154 valence electrons. The zero-order chi connectivity index (χ0) is 19.3. The van der Waals surface area contributed by atoms with Crippen molar-refractivity contribution in [2.24, 2.45) is 0 Å². The van der Waals surface area contributed by atoms with Crippen LogP contribution in [0.1, 0.15) is 12.1 Å². The molecule has 1 aliphatic rings. The van der Waals surface area contributed by atoms with Crippen molar-refractivity contribution in [1.29, 1.82) is 0 Å². The molecule has 8 nitrogen and oxygen atoms in total. The second-order valence-electron chi connectivity index (χ2n) is 6.66. The standard InChI is InChI=1S/C18H32N4O4S/c1-21(2)7-8-23-9-10-24-11-12-25-13-14-26-18-17(19-27-20-18)16-5-4-6-22(3)15-16/h5H,4,6-15H2,1-3H3. The van der Waals surface area contributed by atoms with Crippen LogP contribution in [-0.2, 0) is 14.2 Å². The number of nitrogens with zero attached hydrogens (tertiary/aromatic N) is 4. The fraction of sp³-hybridized carbons (Fsp3) is 0.778. The fourth-order valence-corrected chi connectivity index (χ4v) is 3.05. The van der Waals surface area contributed by atoms with E-state index in [-0.39, 0.29) is 0 Å². The number of hydrogen-bond acceptors (Lipinski definition) is 9. The van der Waals surface area contributed by atoms with Crippen molar-refractivity contribution in [2.45, 2.75) is 6.42 Å². The normalized spacial score (nSPS) is 15.3. The average Bonchev–Trinajstić information content (AvgIpc) is 3.11. The molecular formula is C18H32N4O4S. The van der Waals surface area contributed by atoms with Crippen molar-refractivity contribution >= 4 is 17.3 Å². The van der Waals surface area contributed by atoms with E-state index in [9.17, 15) is 0 Å². The highest BCUT2D eigenvalue weighted by Gasteiger charge is 2.18. The van der Waals surface area contributed by atoms with E-state index in [0.717, 1.165) is 38.4 Å². The minimum Gasteiger partial charge on any atom is -0.473 e. The van der Waals surface area contributed by atoms with E-state index in [4.69, 9.17) is 18.9 Å². The molecule has 0 N–H and O–H groups in total. The summed E-state index contributed by atoms with van der Waals surface area (Å²) in [5, 5.41) is 0. The van der Waals surface area contributed by atoms with Crippen LogP contribution in [0.2, 0.25) is 0 Å². The van der Waals surface area contributed by atoms with E-state index in [0.29, 0.717) is 45.5 Å². The maximum Gasteiger partial charge on any atom is 0.253 e. The molecule has 0 bridgehead atoms. The van der Waals surface area contributed by atoms with Crippen molar-refractivity contribution in [3.63, 3.8) is 0 Å². The summed E-state index contributed by atoms with van der Waals surface area (Å²) in [5.41, 5.74) is 2.05. The van der Waals surface area contributed by atoms with E-state index in [1.165, 1.54) is 17.3 Å². The summed E-state index contributed by atoms with van der Waals surface area (Å²) in [7, 11) is 6.16. The molecule has 1 aromatic heterocycles. The lowest BCUT2D eigenvalue weighted by atomic mass is 10.1. The van der Waals surface area contributed by atoms with E-state index in [2.05, 4.69) is 31.7 Å². The van der Waals surface area contributed by atoms with Gasteiger partial charge in [0.2, 0.25) is 0 Å². The van der Waals surface area contributed by atoms with Gasteiger partial charge < -0.3 is 28.7 Å². The summed E-state index contributed by atoms with van der Waals surface area (Å²) in [4.78, 5) is 4.36. The highest BCUT2D eigenvalue weighted by Crippen LogP contribution is 2.26. The van der Waals surface area contributed by atoms with Gasteiger partial charge in [-0.2, -0.15) is 4.37 Å². The molecule has 0 unspecified atom stereocenters. The molecule has 0 saturated heterocycles. The van der Waals surface area contributed by atoms with Gasteiger partial charge in [0, 0.05) is 19.6 Å². The zero-order valence-corrected chi connectivity index (χ0v) is 17.5. The van der Waals surface area contributed by atoms with Gasteiger partial charge in [-0.25, -0.2) is 0 Å². The van der Waals surface area contributed by atoms with Gasteiger partial charge in [0.15, 0.2) is 0 Å². The van der Waals surface area contributed by atoms with E-state index < -0.39 is 0 Å². The van der Waals surface area contributed by atoms with Crippen molar-refractivity contribution in [3.8, 4) is 5.88 Å². The predicted octanol–water partition coefficient (Wildman–Crippen LogP) is 1.25. The molecule has 0 aliphatic carbocycles. The molecule has 0 atom stereocenters. The molecular weight excluding hydrogens is 368 g/mol. The van der Waals surface area contributed by atoms with Crippen LogP contribution in [0.5, 0.6) is 5.88 Å². The number of likely N-dealkylation sites (N-methyl/N-ethyl adjacent to an activating group) is 2. The van der Waals surface area contributed by atoms with Crippen LogP contribution in [0.4, 0.5) is 0 Å². The van der Waals surface area contributed by atoms with Gasteiger partial charge in [-0.05, 0) is 33.1 Å². The number of rotatable bonds is 14. The highest BCUT2D eigenvalue weighted by atomic mass is 32.1. The molecule has 0 fully saturated rings. The molecule has 2 rings (SSSR count). The third-order valence-electron chi connectivity index (χ3n) is 4.00. The molecule has 0 saturated carbocycles. The topological polar surface area (TPSA) is 69.2 Å². The van der Waals surface area contributed by atoms with Crippen molar-refractivity contribution < 1.29 is 18.9 Å². The molecule has 1 aliphatic heterocycles. The van der Waals surface area contributed by atoms with E-state index in [1.54, 1.807) is 0 Å². The first-order valence-corrected chi connectivity index (χ1v) is 10.1. The lowest BCUT2D eigenvalue weighted by molar-refractivity contribution is 0.00734. The van der Waals surface area contributed by atoms with Crippen LogP contribution in [0.25, 0.3) is 5.57 Å². The monoisotopic (exact) mass is 400 g/mol. The predicted molar refractivity (Wildman–Crippen MR) is 107 cm³/mol. The van der Waals surface area contributed by atoms with Crippen molar-refractivity contribution in [3.05, 3.63) is 11.8 Å². The van der Waals surface area contributed by atoms with Crippen LogP contribution < -0.4 is 4.74 Å². The lowest BCUT2D eigenvalue weighted by Crippen LogP contribution is -2.25. The van der Waals surface area contributed by atoms with Gasteiger partial charge in [-0.15, -0.1) is 4.37 Å². The lowest BCUT2D eigenvalue weighted by Gasteiger charge is -2.22. The molecule has 2 heterocycles. The van der Waals surface area contributed by atoms with E-state index in [1.807, 2.05) is 14.1 Å². The first kappa shape index (κ1) is 22.2. The molecule has 0 aromatic carbocycles. The van der Waals surface area contributed by atoms with E-state index >= 15 is 0 Å². The third kappa shape index (κ3) is 9.09. The van der Waals surface area contributed by atoms with Crippen LogP contribution in [0.3, 0.4) is 0 Å². The second kappa shape index (κ2) is 13.1. The zero-order valence-electron chi connectivity index (χ0n) is 16.7. The SMILES string of the molecule is CN(C)CCOCCOCCOCCOc1nsnc1C1=CCCN(C)C1. The van der Waals surface area contributed by atoms with Crippen molar-refractivity contribution in [2.75, 3.05) is 87.0 Å². The number of hydrogen-bond donors (Lipinski definition) is 0. The number of ether oxygens (including phenoxy) is 4. The largest absolute Gasteiger partial charge is 0.473 e. The first-order valence-electron chi connectivity index (χ1n) is 9.38. The van der Waals surface area contributed by atoms with Gasteiger partial charge in [0.25, 0.3) is 5.88 Å². The van der Waals surface area contributed by atoms with Gasteiger partial charge in [0.1, 0.15) is 12.3 Å². The Labute approximate surface area is 166 Å². The molecule has 0 spiro atoms. The smallest absolute Gasteiger partial charge is 0.253 e. The van der Waals surface area contributed by atoms with Crippen molar-refractivity contribution in [1.82, 2.24) is 18.5 Å². The van der Waals surface area contributed by atoms with Crippen LogP contribution in [-0.4, -0.2) is 106 Å². The molecule has 27 heavy (non-hydrogen) atoms. The first-order chi connectivity index (χ1) is 13.2. The Hall–Kier alpha value is -1.10. The summed E-state index contributed by atoms with van der Waals surface area (Å²) in [6.45, 7) is 6.86. The molecule has 1 aromatic rings. The van der Waals surface area contributed by atoms with Gasteiger partial charge in [0.05, 0.1) is 51.4 Å². The summed E-state index contributed by atoms with van der Waals surface area (Å²) < 4.78 is 30.8. The number of aromatic nitrogens is 2. The summed E-state index contributed by atoms with van der Waals surface area (Å²) in [5.74, 6) is 0.608. The summed E-state index contributed by atoms with van der Waals surface area (Å²) in [6.07, 6.45) is 3.26. The Morgan fingerprint density at radius 2 is 1.67 bits per heavy atom. The maximum absolute atomic E-state index is 5.74. The molecule has 9 heteroatoms. The van der Waals surface area contributed by atoms with Crippen LogP contribution >= 0.6 is 11.7 Å². The van der Waals surface area contributed by atoms with Crippen LogP contribution in [0, 0.1) is 0 Å². The Morgan fingerprint density at radius 3 is 2.33 bits per heavy atom. The quantitative estimate of drug-likeness (QED) is 0.432. The average molecular weight is 401 g/mol. The third-order valence-corrected chi connectivity index (χ3v) is 4.51. The Morgan fingerprint density at radius 1 is 1.00 bits per heavy atom. The van der Waals surface area contributed by atoms with Gasteiger partial charge in [-0.1, -0.05) is 6.08 Å². The minimum atomic E-state index is 0.454. The summed E-state index contributed by atoms with van der Waals surface area (Å²) in [6, 6.07) is 0. The highest BCUT2D eigenvalue weighted by molar-refractivity contribution is 6.99. The summed E-state index contributed by atoms with van der Waals surface area (Å²) >= 11 is 1.19.